The van der Waals surface area contributed by atoms with Gasteiger partial charge in [-0.25, -0.2) is 0 Å². The maximum absolute atomic E-state index is 8.74. The average molecular weight is 344 g/mol. The SMILES string of the molecule is N#CCC1(CNc2ccc(Br)cc2Br)CC1. The van der Waals surface area contributed by atoms with Crippen molar-refractivity contribution in [2.45, 2.75) is 19.3 Å². The normalized spacial score (nSPS) is 16.6. The highest BCUT2D eigenvalue weighted by Gasteiger charge is 2.42. The van der Waals surface area contributed by atoms with E-state index in [9.17, 15) is 0 Å². The van der Waals surface area contributed by atoms with E-state index in [1.165, 1.54) is 12.8 Å². The Morgan fingerprint density at radius 3 is 2.69 bits per heavy atom. The van der Waals surface area contributed by atoms with Crippen molar-refractivity contribution in [1.29, 1.82) is 5.26 Å². The van der Waals surface area contributed by atoms with E-state index >= 15 is 0 Å². The summed E-state index contributed by atoms with van der Waals surface area (Å²) in [6.07, 6.45) is 3.00. The molecule has 1 N–H and O–H groups in total. The van der Waals surface area contributed by atoms with Crippen LogP contribution in [0, 0.1) is 16.7 Å². The quantitative estimate of drug-likeness (QED) is 0.883. The minimum Gasteiger partial charge on any atom is -0.384 e. The standard InChI is InChI=1S/C12H12Br2N2/c13-9-1-2-11(10(14)7-9)16-8-12(3-4-12)5-6-15/h1-2,7,16H,3-5,8H2. The maximum atomic E-state index is 8.74. The lowest BCUT2D eigenvalue weighted by Crippen LogP contribution is -2.15. The number of nitriles is 1. The van der Waals surface area contributed by atoms with E-state index in [2.05, 4.69) is 43.2 Å². The van der Waals surface area contributed by atoms with Gasteiger partial charge in [-0.2, -0.15) is 5.26 Å². The Hall–Kier alpha value is -0.530. The number of anilines is 1. The average Bonchev–Trinajstić information content (AvgIpc) is 2.98. The molecule has 0 heterocycles. The Kier molecular flexibility index (Phi) is 3.56. The van der Waals surface area contributed by atoms with Crippen molar-refractivity contribution in [2.24, 2.45) is 5.41 Å². The van der Waals surface area contributed by atoms with Crippen LogP contribution < -0.4 is 5.32 Å². The number of nitrogens with zero attached hydrogens (tertiary/aromatic N) is 1. The fraction of sp³-hybridized carbons (Fsp3) is 0.417. The smallest absolute Gasteiger partial charge is 0.0628 e. The van der Waals surface area contributed by atoms with E-state index in [1.807, 2.05) is 18.2 Å². The fourth-order valence-corrected chi connectivity index (χ4v) is 2.86. The molecule has 1 fully saturated rings. The Balaban J connectivity index is 1.98. The molecule has 0 aromatic heterocycles. The van der Waals surface area contributed by atoms with E-state index in [0.717, 1.165) is 21.2 Å². The Morgan fingerprint density at radius 1 is 1.38 bits per heavy atom. The predicted octanol–water partition coefficient (Wildman–Crippen LogP) is 4.32. The summed E-state index contributed by atoms with van der Waals surface area (Å²) in [4.78, 5) is 0. The van der Waals surface area contributed by atoms with Gasteiger partial charge in [-0.15, -0.1) is 0 Å². The van der Waals surface area contributed by atoms with Crippen LogP contribution in [0.2, 0.25) is 0 Å². The third-order valence-electron chi connectivity index (χ3n) is 3.00. The lowest BCUT2D eigenvalue weighted by Gasteiger charge is -2.14. The van der Waals surface area contributed by atoms with E-state index in [4.69, 9.17) is 5.26 Å². The lowest BCUT2D eigenvalue weighted by molar-refractivity contribution is 0.557. The first-order valence-electron chi connectivity index (χ1n) is 5.21. The van der Waals surface area contributed by atoms with Gasteiger partial charge in [0.15, 0.2) is 0 Å². The van der Waals surface area contributed by atoms with E-state index < -0.39 is 0 Å². The third kappa shape index (κ3) is 2.78. The van der Waals surface area contributed by atoms with Gasteiger partial charge in [0.25, 0.3) is 0 Å². The summed E-state index contributed by atoms with van der Waals surface area (Å²) in [5.41, 5.74) is 1.33. The van der Waals surface area contributed by atoms with Gasteiger partial charge in [0.1, 0.15) is 0 Å². The summed E-state index contributed by atoms with van der Waals surface area (Å²) in [6, 6.07) is 8.34. The van der Waals surface area contributed by atoms with Gasteiger partial charge in [-0.3, -0.25) is 0 Å². The molecule has 84 valence electrons. The minimum absolute atomic E-state index is 0.237. The van der Waals surface area contributed by atoms with Gasteiger partial charge in [0.2, 0.25) is 0 Å². The Bertz CT molecular complexity index is 433. The topological polar surface area (TPSA) is 35.8 Å². The molecular weight excluding hydrogens is 332 g/mol. The molecule has 1 aliphatic carbocycles. The third-order valence-corrected chi connectivity index (χ3v) is 4.15. The number of benzene rings is 1. The Morgan fingerprint density at radius 2 is 2.12 bits per heavy atom. The summed E-state index contributed by atoms with van der Waals surface area (Å²) in [6.45, 7) is 0.890. The summed E-state index contributed by atoms with van der Waals surface area (Å²) >= 11 is 6.94. The van der Waals surface area contributed by atoms with Crippen molar-refractivity contribution in [3.05, 3.63) is 27.1 Å². The molecule has 4 heteroatoms. The molecule has 2 nitrogen and oxygen atoms in total. The Labute approximate surface area is 112 Å². The van der Waals surface area contributed by atoms with Crippen LogP contribution in [-0.2, 0) is 0 Å². The molecule has 0 radical (unpaired) electrons. The van der Waals surface area contributed by atoms with E-state index in [1.54, 1.807) is 0 Å². The molecule has 1 aliphatic rings. The van der Waals surface area contributed by atoms with Crippen LogP contribution in [-0.4, -0.2) is 6.54 Å². The molecule has 1 aromatic rings. The van der Waals surface area contributed by atoms with Gasteiger partial charge < -0.3 is 5.32 Å². The highest BCUT2D eigenvalue weighted by atomic mass is 79.9. The van der Waals surface area contributed by atoms with Crippen molar-refractivity contribution in [3.63, 3.8) is 0 Å². The second-order valence-electron chi connectivity index (χ2n) is 4.31. The molecule has 0 spiro atoms. The van der Waals surface area contributed by atoms with Crippen LogP contribution in [0.4, 0.5) is 5.69 Å². The monoisotopic (exact) mass is 342 g/mol. The molecular formula is C12H12Br2N2. The van der Waals surface area contributed by atoms with Crippen LogP contribution >= 0.6 is 31.9 Å². The molecule has 0 bridgehead atoms. The van der Waals surface area contributed by atoms with Crippen molar-refractivity contribution >= 4 is 37.5 Å². The molecule has 2 rings (SSSR count). The number of hydrogen-bond acceptors (Lipinski definition) is 2. The number of hydrogen-bond donors (Lipinski definition) is 1. The molecule has 0 atom stereocenters. The molecule has 0 saturated heterocycles. The van der Waals surface area contributed by atoms with Crippen LogP contribution in [0.3, 0.4) is 0 Å². The molecule has 1 saturated carbocycles. The zero-order chi connectivity index (χ0) is 11.6. The first kappa shape index (κ1) is 11.9. The van der Waals surface area contributed by atoms with Crippen molar-refractivity contribution in [1.82, 2.24) is 0 Å². The van der Waals surface area contributed by atoms with Gasteiger partial charge in [-0.1, -0.05) is 15.9 Å². The van der Waals surface area contributed by atoms with Gasteiger partial charge in [0.05, 0.1) is 6.07 Å². The van der Waals surface area contributed by atoms with Gasteiger partial charge in [-0.05, 0) is 47.0 Å². The van der Waals surface area contributed by atoms with Crippen LogP contribution in [0.25, 0.3) is 0 Å². The van der Waals surface area contributed by atoms with Crippen molar-refractivity contribution in [3.8, 4) is 6.07 Å². The molecule has 0 aliphatic heterocycles. The zero-order valence-corrected chi connectivity index (χ0v) is 11.9. The molecule has 0 unspecified atom stereocenters. The number of halogens is 2. The minimum atomic E-state index is 0.237. The molecule has 16 heavy (non-hydrogen) atoms. The highest BCUT2D eigenvalue weighted by Crippen LogP contribution is 2.48. The second kappa shape index (κ2) is 4.77. The van der Waals surface area contributed by atoms with Gasteiger partial charge in [0, 0.05) is 33.0 Å². The number of nitrogens with one attached hydrogen (secondary N) is 1. The van der Waals surface area contributed by atoms with E-state index in [-0.39, 0.29) is 5.41 Å². The highest BCUT2D eigenvalue weighted by molar-refractivity contribution is 9.11. The number of rotatable bonds is 4. The first-order valence-corrected chi connectivity index (χ1v) is 6.80. The maximum Gasteiger partial charge on any atom is 0.0628 e. The molecule has 1 aromatic carbocycles. The van der Waals surface area contributed by atoms with Crippen LogP contribution in [0.15, 0.2) is 27.1 Å². The molecule has 0 amide bonds. The summed E-state index contributed by atoms with van der Waals surface area (Å²) in [7, 11) is 0. The predicted molar refractivity (Wildman–Crippen MR) is 72.2 cm³/mol. The fourth-order valence-electron chi connectivity index (χ4n) is 1.68. The van der Waals surface area contributed by atoms with E-state index in [0.29, 0.717) is 6.42 Å². The summed E-state index contributed by atoms with van der Waals surface area (Å²) in [5.74, 6) is 0. The lowest BCUT2D eigenvalue weighted by atomic mass is 10.0. The van der Waals surface area contributed by atoms with Crippen LogP contribution in [0.1, 0.15) is 19.3 Å². The van der Waals surface area contributed by atoms with Crippen molar-refractivity contribution in [2.75, 3.05) is 11.9 Å². The van der Waals surface area contributed by atoms with Gasteiger partial charge >= 0.3 is 0 Å². The van der Waals surface area contributed by atoms with Crippen LogP contribution in [0.5, 0.6) is 0 Å². The zero-order valence-electron chi connectivity index (χ0n) is 8.76. The largest absolute Gasteiger partial charge is 0.384 e. The van der Waals surface area contributed by atoms with Crippen molar-refractivity contribution < 1.29 is 0 Å². The summed E-state index contributed by atoms with van der Waals surface area (Å²) < 4.78 is 2.11. The summed E-state index contributed by atoms with van der Waals surface area (Å²) in [5, 5.41) is 12.1. The second-order valence-corrected chi connectivity index (χ2v) is 6.08. The first-order chi connectivity index (χ1) is 7.65.